The number of nitrogens with zero attached hydrogens (tertiary/aromatic N) is 1. The van der Waals surface area contributed by atoms with E-state index in [9.17, 15) is 14.4 Å². The van der Waals surface area contributed by atoms with Crippen LogP contribution in [-0.2, 0) is 14.4 Å². The minimum atomic E-state index is -0.983. The second-order valence-electron chi connectivity index (χ2n) is 4.21. The van der Waals surface area contributed by atoms with Gasteiger partial charge in [0.25, 0.3) is 0 Å². The minimum absolute atomic E-state index is 0.0516. The molecule has 1 heterocycles. The fourth-order valence-electron chi connectivity index (χ4n) is 1.86. The maximum Gasteiger partial charge on any atom is 0.316 e. The number of rotatable bonds is 4. The molecule has 1 aliphatic rings. The summed E-state index contributed by atoms with van der Waals surface area (Å²) in [6.45, 7) is 1.51. The van der Waals surface area contributed by atoms with Crippen molar-refractivity contribution in [3.05, 3.63) is 30.3 Å². The van der Waals surface area contributed by atoms with Gasteiger partial charge >= 0.3 is 5.97 Å². The first-order chi connectivity index (χ1) is 9.00. The lowest BCUT2D eigenvalue weighted by Crippen LogP contribution is -2.31. The highest BCUT2D eigenvalue weighted by Crippen LogP contribution is 2.31. The Morgan fingerprint density at radius 1 is 1.37 bits per heavy atom. The number of thioether (sulfide) groups is 1. The van der Waals surface area contributed by atoms with Crippen LogP contribution < -0.4 is 4.90 Å². The molecule has 6 heteroatoms. The van der Waals surface area contributed by atoms with E-state index in [-0.39, 0.29) is 18.2 Å². The summed E-state index contributed by atoms with van der Waals surface area (Å²) in [6.07, 6.45) is 0.0516. The molecule has 100 valence electrons. The number of aliphatic carboxylic acids is 1. The van der Waals surface area contributed by atoms with Crippen molar-refractivity contribution >= 4 is 35.2 Å². The highest BCUT2D eigenvalue weighted by Gasteiger charge is 2.41. The normalized spacial score (nSPS) is 20.7. The third kappa shape index (κ3) is 2.78. The Hall–Kier alpha value is -1.82. The summed E-state index contributed by atoms with van der Waals surface area (Å²) < 4.78 is 0. The van der Waals surface area contributed by atoms with Crippen molar-refractivity contribution < 1.29 is 19.5 Å². The van der Waals surface area contributed by atoms with Crippen LogP contribution in [0.25, 0.3) is 0 Å². The predicted molar refractivity (Wildman–Crippen MR) is 72.0 cm³/mol. The van der Waals surface area contributed by atoms with Gasteiger partial charge in [-0.25, -0.2) is 4.90 Å². The fraction of sp³-hybridized carbons (Fsp3) is 0.308. The van der Waals surface area contributed by atoms with Crippen LogP contribution in [0.4, 0.5) is 5.69 Å². The van der Waals surface area contributed by atoms with Crippen LogP contribution >= 0.6 is 11.8 Å². The van der Waals surface area contributed by atoms with E-state index in [1.54, 1.807) is 30.3 Å². The predicted octanol–water partition coefficient (Wildman–Crippen LogP) is 1.52. The van der Waals surface area contributed by atoms with Crippen LogP contribution in [0.1, 0.15) is 13.3 Å². The Morgan fingerprint density at radius 2 is 2.00 bits per heavy atom. The molecule has 19 heavy (non-hydrogen) atoms. The number of carbonyl (C=O) groups excluding carboxylic acids is 2. The molecule has 0 aromatic heterocycles. The quantitative estimate of drug-likeness (QED) is 0.846. The molecule has 0 spiro atoms. The standard InChI is InChI=1S/C13H13NO4S/c1-8(13(17)18)19-10-7-11(15)14(12(10)16)9-5-3-2-4-6-9/h2-6,8,10H,7H2,1H3,(H,17,18). The maximum absolute atomic E-state index is 12.2. The van der Waals surface area contributed by atoms with Crippen LogP contribution in [0.3, 0.4) is 0 Å². The molecule has 0 aliphatic carbocycles. The summed E-state index contributed by atoms with van der Waals surface area (Å²) in [4.78, 5) is 36.0. The number of imide groups is 1. The Kier molecular flexibility index (Phi) is 3.90. The van der Waals surface area contributed by atoms with Crippen molar-refractivity contribution in [2.75, 3.05) is 4.90 Å². The lowest BCUT2D eigenvalue weighted by atomic mass is 10.3. The van der Waals surface area contributed by atoms with Crippen molar-refractivity contribution in [2.45, 2.75) is 23.8 Å². The Labute approximate surface area is 114 Å². The average Bonchev–Trinajstić information content (AvgIpc) is 2.65. The van der Waals surface area contributed by atoms with Gasteiger partial charge in [0, 0.05) is 6.42 Å². The lowest BCUT2D eigenvalue weighted by molar-refractivity contribution is -0.136. The van der Waals surface area contributed by atoms with Gasteiger partial charge in [0.1, 0.15) is 5.25 Å². The molecule has 2 atom stereocenters. The largest absolute Gasteiger partial charge is 0.480 e. The SMILES string of the molecule is CC(SC1CC(=O)N(c2ccccc2)C1=O)C(=O)O. The van der Waals surface area contributed by atoms with Gasteiger partial charge in [-0.2, -0.15) is 0 Å². The number of carboxylic acid groups (broad SMARTS) is 1. The van der Waals surface area contributed by atoms with Crippen LogP contribution in [0.5, 0.6) is 0 Å². The van der Waals surface area contributed by atoms with Crippen LogP contribution in [0, 0.1) is 0 Å². The van der Waals surface area contributed by atoms with E-state index >= 15 is 0 Å². The lowest BCUT2D eigenvalue weighted by Gasteiger charge is -2.15. The third-order valence-electron chi connectivity index (χ3n) is 2.84. The third-order valence-corrected chi connectivity index (χ3v) is 4.14. The molecule has 1 aliphatic heterocycles. The molecule has 1 N–H and O–H groups in total. The van der Waals surface area contributed by atoms with Crippen molar-refractivity contribution in [1.29, 1.82) is 0 Å². The molecule has 0 radical (unpaired) electrons. The Bertz CT molecular complexity index is 517. The van der Waals surface area contributed by atoms with Crippen molar-refractivity contribution in [2.24, 2.45) is 0 Å². The van der Waals surface area contributed by atoms with E-state index in [2.05, 4.69) is 0 Å². The topological polar surface area (TPSA) is 74.7 Å². The molecular formula is C13H13NO4S. The van der Waals surface area contributed by atoms with E-state index in [0.29, 0.717) is 5.69 Å². The van der Waals surface area contributed by atoms with E-state index in [1.807, 2.05) is 0 Å². The van der Waals surface area contributed by atoms with Crippen LogP contribution in [-0.4, -0.2) is 33.4 Å². The van der Waals surface area contributed by atoms with Crippen molar-refractivity contribution in [1.82, 2.24) is 0 Å². The van der Waals surface area contributed by atoms with Gasteiger partial charge in [-0.15, -0.1) is 11.8 Å². The number of benzene rings is 1. The van der Waals surface area contributed by atoms with Gasteiger partial charge in [-0.3, -0.25) is 14.4 Å². The molecule has 0 bridgehead atoms. The summed E-state index contributed by atoms with van der Waals surface area (Å²) in [6, 6.07) is 8.66. The van der Waals surface area contributed by atoms with Crippen LogP contribution in [0.15, 0.2) is 30.3 Å². The van der Waals surface area contributed by atoms with Gasteiger partial charge in [0.05, 0.1) is 10.9 Å². The summed E-state index contributed by atoms with van der Waals surface area (Å²) >= 11 is 1.01. The first kappa shape index (κ1) is 13.6. The number of amides is 2. The van der Waals surface area contributed by atoms with Gasteiger partial charge in [0.2, 0.25) is 11.8 Å². The summed E-state index contributed by atoms with van der Waals surface area (Å²) in [5.74, 6) is -1.61. The van der Waals surface area contributed by atoms with Crippen molar-refractivity contribution in [3.63, 3.8) is 0 Å². The fourth-order valence-corrected chi connectivity index (χ4v) is 2.93. The maximum atomic E-state index is 12.2. The molecule has 1 aromatic carbocycles. The second-order valence-corrected chi connectivity index (χ2v) is 5.76. The molecular weight excluding hydrogens is 266 g/mol. The number of hydrogen-bond donors (Lipinski definition) is 1. The molecule has 1 aromatic rings. The summed E-state index contributed by atoms with van der Waals surface area (Å²) in [5, 5.41) is 7.52. The highest BCUT2D eigenvalue weighted by atomic mass is 32.2. The van der Waals surface area contributed by atoms with Gasteiger partial charge < -0.3 is 5.11 Å². The van der Waals surface area contributed by atoms with E-state index in [1.165, 1.54) is 6.92 Å². The van der Waals surface area contributed by atoms with Gasteiger partial charge in [-0.05, 0) is 19.1 Å². The van der Waals surface area contributed by atoms with Gasteiger partial charge in [-0.1, -0.05) is 18.2 Å². The van der Waals surface area contributed by atoms with E-state index in [4.69, 9.17) is 5.11 Å². The monoisotopic (exact) mass is 279 g/mol. The van der Waals surface area contributed by atoms with Crippen LogP contribution in [0.2, 0.25) is 0 Å². The zero-order valence-corrected chi connectivity index (χ0v) is 11.1. The molecule has 2 rings (SSSR count). The number of carboxylic acids is 1. The molecule has 2 unspecified atom stereocenters. The second kappa shape index (κ2) is 5.44. The van der Waals surface area contributed by atoms with E-state index in [0.717, 1.165) is 16.7 Å². The number of anilines is 1. The minimum Gasteiger partial charge on any atom is -0.480 e. The average molecular weight is 279 g/mol. The van der Waals surface area contributed by atoms with Crippen molar-refractivity contribution in [3.8, 4) is 0 Å². The first-order valence-corrected chi connectivity index (χ1v) is 6.75. The highest BCUT2D eigenvalue weighted by molar-refractivity contribution is 8.01. The zero-order valence-electron chi connectivity index (χ0n) is 10.3. The molecule has 1 fully saturated rings. The summed E-state index contributed by atoms with van der Waals surface area (Å²) in [7, 11) is 0. The Balaban J connectivity index is 2.15. The smallest absolute Gasteiger partial charge is 0.316 e. The number of para-hydroxylation sites is 1. The zero-order chi connectivity index (χ0) is 14.0. The molecule has 5 nitrogen and oxygen atoms in total. The molecule has 0 saturated carbocycles. The summed E-state index contributed by atoms with van der Waals surface area (Å²) in [5.41, 5.74) is 0.531. The molecule has 1 saturated heterocycles. The first-order valence-electron chi connectivity index (χ1n) is 5.81. The van der Waals surface area contributed by atoms with Gasteiger partial charge in [0.15, 0.2) is 0 Å². The molecule has 2 amide bonds. The van der Waals surface area contributed by atoms with E-state index < -0.39 is 16.5 Å². The number of hydrogen-bond acceptors (Lipinski definition) is 4. The Morgan fingerprint density at radius 3 is 2.58 bits per heavy atom. The number of carbonyl (C=O) groups is 3.